The quantitative estimate of drug-likeness (QED) is 0.593. The summed E-state index contributed by atoms with van der Waals surface area (Å²) in [7, 11) is 3.37. The van der Waals surface area contributed by atoms with Crippen LogP contribution in [0.3, 0.4) is 0 Å². The Morgan fingerprint density at radius 3 is 2.48 bits per heavy atom. The van der Waals surface area contributed by atoms with Crippen molar-refractivity contribution in [2.24, 2.45) is 0 Å². The Morgan fingerprint density at radius 1 is 0.963 bits per heavy atom. The second-order valence-electron chi connectivity index (χ2n) is 5.86. The smallest absolute Gasteiger partial charge is 0.165 e. The van der Waals surface area contributed by atoms with Gasteiger partial charge in [0, 0.05) is 24.8 Å². The van der Waals surface area contributed by atoms with Gasteiger partial charge in [0.25, 0.3) is 0 Å². The molecule has 1 N–H and O–H groups in total. The van der Waals surface area contributed by atoms with Gasteiger partial charge in [-0.05, 0) is 35.4 Å². The second-order valence-corrected chi connectivity index (χ2v) is 5.86. The molecule has 2 heterocycles. The molecular formula is C20H16FN5O. The molecule has 0 atom stereocenters. The van der Waals surface area contributed by atoms with E-state index in [2.05, 4.69) is 25.3 Å². The van der Waals surface area contributed by atoms with Crippen molar-refractivity contribution >= 4 is 16.7 Å². The Hall–Kier alpha value is -3.61. The summed E-state index contributed by atoms with van der Waals surface area (Å²) in [5.74, 6) is 1.40. The van der Waals surface area contributed by atoms with Gasteiger partial charge < -0.3 is 10.1 Å². The topological polar surface area (TPSA) is 72.8 Å². The van der Waals surface area contributed by atoms with Crippen LogP contribution in [0.4, 0.5) is 10.2 Å². The van der Waals surface area contributed by atoms with E-state index in [4.69, 9.17) is 4.74 Å². The Kier molecular flexibility index (Phi) is 4.33. The van der Waals surface area contributed by atoms with Crippen molar-refractivity contribution in [1.29, 1.82) is 0 Å². The number of hydrogen-bond acceptors (Lipinski definition) is 6. The first-order valence-corrected chi connectivity index (χ1v) is 8.28. The van der Waals surface area contributed by atoms with Crippen LogP contribution in [0.5, 0.6) is 5.75 Å². The van der Waals surface area contributed by atoms with Gasteiger partial charge in [0.15, 0.2) is 5.82 Å². The zero-order chi connectivity index (χ0) is 18.8. The van der Waals surface area contributed by atoms with Gasteiger partial charge in [0.1, 0.15) is 29.2 Å². The highest BCUT2D eigenvalue weighted by Crippen LogP contribution is 2.35. The number of aromatic nitrogens is 4. The first-order valence-electron chi connectivity index (χ1n) is 8.28. The summed E-state index contributed by atoms with van der Waals surface area (Å²) in [5.41, 5.74) is 2.91. The van der Waals surface area contributed by atoms with Crippen LogP contribution in [0.2, 0.25) is 0 Å². The molecule has 0 unspecified atom stereocenters. The Labute approximate surface area is 155 Å². The minimum atomic E-state index is -0.295. The number of benzene rings is 2. The number of hydrogen-bond donors (Lipinski definition) is 1. The van der Waals surface area contributed by atoms with E-state index in [1.54, 1.807) is 32.6 Å². The zero-order valence-corrected chi connectivity index (χ0v) is 14.8. The van der Waals surface area contributed by atoms with E-state index in [0.29, 0.717) is 28.5 Å². The van der Waals surface area contributed by atoms with Crippen LogP contribution in [0.15, 0.2) is 55.1 Å². The lowest BCUT2D eigenvalue weighted by Gasteiger charge is -2.13. The van der Waals surface area contributed by atoms with E-state index in [-0.39, 0.29) is 5.82 Å². The van der Waals surface area contributed by atoms with E-state index in [1.165, 1.54) is 18.5 Å². The van der Waals surface area contributed by atoms with Crippen molar-refractivity contribution < 1.29 is 9.13 Å². The highest BCUT2D eigenvalue weighted by atomic mass is 19.1. The van der Waals surface area contributed by atoms with Crippen LogP contribution in [0.1, 0.15) is 0 Å². The molecule has 4 rings (SSSR count). The predicted molar refractivity (Wildman–Crippen MR) is 102 cm³/mol. The van der Waals surface area contributed by atoms with Gasteiger partial charge in [-0.25, -0.2) is 24.3 Å². The lowest BCUT2D eigenvalue weighted by atomic mass is 10.0. The molecule has 134 valence electrons. The monoisotopic (exact) mass is 361 g/mol. The van der Waals surface area contributed by atoms with Gasteiger partial charge in [-0.2, -0.15) is 0 Å². The summed E-state index contributed by atoms with van der Waals surface area (Å²) in [5, 5.41) is 3.87. The normalized spacial score (nSPS) is 10.8. The molecule has 0 aliphatic rings. The number of fused-ring (bicyclic) bond motifs is 1. The zero-order valence-electron chi connectivity index (χ0n) is 14.8. The number of halogens is 1. The summed E-state index contributed by atoms with van der Waals surface area (Å²) >= 11 is 0. The van der Waals surface area contributed by atoms with Crippen molar-refractivity contribution in [3.05, 3.63) is 60.9 Å². The fourth-order valence-corrected chi connectivity index (χ4v) is 2.93. The molecule has 6 nitrogen and oxygen atoms in total. The third-order valence-electron chi connectivity index (χ3n) is 4.20. The molecule has 0 spiro atoms. The number of ether oxygens (including phenoxy) is 1. The molecule has 0 aliphatic carbocycles. The van der Waals surface area contributed by atoms with Crippen LogP contribution >= 0.6 is 0 Å². The molecule has 0 bridgehead atoms. The van der Waals surface area contributed by atoms with Gasteiger partial charge in [0.05, 0.1) is 12.7 Å². The Bertz CT molecular complexity index is 1120. The third-order valence-corrected chi connectivity index (χ3v) is 4.20. The first-order chi connectivity index (χ1) is 13.2. The number of methoxy groups -OCH3 is 1. The number of rotatable bonds is 4. The fourth-order valence-electron chi connectivity index (χ4n) is 2.93. The van der Waals surface area contributed by atoms with Gasteiger partial charge in [-0.3, -0.25) is 0 Å². The number of anilines is 1. The molecular weight excluding hydrogens is 345 g/mol. The molecule has 0 saturated heterocycles. The summed E-state index contributed by atoms with van der Waals surface area (Å²) in [6, 6.07) is 10.2. The van der Waals surface area contributed by atoms with Crippen LogP contribution in [0, 0.1) is 5.82 Å². The van der Waals surface area contributed by atoms with E-state index in [1.807, 2.05) is 18.2 Å². The van der Waals surface area contributed by atoms with Crippen LogP contribution in [-0.4, -0.2) is 34.1 Å². The lowest BCUT2D eigenvalue weighted by Crippen LogP contribution is -2.01. The van der Waals surface area contributed by atoms with Crippen molar-refractivity contribution in [3.63, 3.8) is 0 Å². The highest BCUT2D eigenvalue weighted by molar-refractivity contribution is 5.97. The van der Waals surface area contributed by atoms with Gasteiger partial charge in [0.2, 0.25) is 0 Å². The third kappa shape index (κ3) is 3.15. The maximum absolute atomic E-state index is 13.7. The van der Waals surface area contributed by atoms with Crippen LogP contribution in [0.25, 0.3) is 33.4 Å². The summed E-state index contributed by atoms with van der Waals surface area (Å²) in [4.78, 5) is 17.3. The van der Waals surface area contributed by atoms with E-state index < -0.39 is 0 Å². The van der Waals surface area contributed by atoms with Crippen LogP contribution in [-0.2, 0) is 0 Å². The standard InChI is InChI=1S/C20H16FN5O/c1-22-20-16-7-13(12-4-3-5-15(21)6-12)8-17(27-2)18(16)25-19(26-20)14-9-23-11-24-10-14/h3-11H,1-2H3,(H,22,25,26). The molecule has 0 amide bonds. The van der Waals surface area contributed by atoms with E-state index in [0.717, 1.165) is 16.5 Å². The number of nitrogens with one attached hydrogen (secondary N) is 1. The molecule has 7 heteroatoms. The molecule has 0 fully saturated rings. The minimum Gasteiger partial charge on any atom is -0.494 e. The maximum Gasteiger partial charge on any atom is 0.165 e. The number of nitrogens with zero attached hydrogens (tertiary/aromatic N) is 4. The van der Waals surface area contributed by atoms with E-state index >= 15 is 0 Å². The van der Waals surface area contributed by atoms with Gasteiger partial charge in [-0.1, -0.05) is 12.1 Å². The molecule has 2 aromatic heterocycles. The molecule has 2 aromatic carbocycles. The predicted octanol–water partition coefficient (Wildman–Crippen LogP) is 3.94. The SMILES string of the molecule is CNc1nc(-c2cncnc2)nc2c(OC)cc(-c3cccc(F)c3)cc12. The van der Waals surface area contributed by atoms with E-state index in [9.17, 15) is 4.39 Å². The highest BCUT2D eigenvalue weighted by Gasteiger charge is 2.15. The largest absolute Gasteiger partial charge is 0.494 e. The molecule has 0 saturated carbocycles. The molecule has 0 radical (unpaired) electrons. The van der Waals surface area contributed by atoms with Crippen LogP contribution < -0.4 is 10.1 Å². The second kappa shape index (κ2) is 6.95. The van der Waals surface area contributed by atoms with Gasteiger partial charge in [-0.15, -0.1) is 0 Å². The minimum absolute atomic E-state index is 0.295. The molecule has 0 aliphatic heterocycles. The summed E-state index contributed by atoms with van der Waals surface area (Å²) in [6.45, 7) is 0. The maximum atomic E-state index is 13.7. The first kappa shape index (κ1) is 16.8. The van der Waals surface area contributed by atoms with Crippen molar-refractivity contribution in [3.8, 4) is 28.3 Å². The lowest BCUT2D eigenvalue weighted by molar-refractivity contribution is 0.419. The Morgan fingerprint density at radius 2 is 1.78 bits per heavy atom. The van der Waals surface area contributed by atoms with Crippen molar-refractivity contribution in [1.82, 2.24) is 19.9 Å². The summed E-state index contributed by atoms with van der Waals surface area (Å²) in [6.07, 6.45) is 4.76. The average Bonchev–Trinajstić information content (AvgIpc) is 2.72. The van der Waals surface area contributed by atoms with Gasteiger partial charge >= 0.3 is 0 Å². The summed E-state index contributed by atoms with van der Waals surface area (Å²) < 4.78 is 19.2. The Balaban J connectivity index is 1.98. The van der Waals surface area contributed by atoms with Crippen molar-refractivity contribution in [2.45, 2.75) is 0 Å². The fraction of sp³-hybridized carbons (Fsp3) is 0.100. The van der Waals surface area contributed by atoms with Crippen molar-refractivity contribution in [2.75, 3.05) is 19.5 Å². The average molecular weight is 361 g/mol. The molecule has 27 heavy (non-hydrogen) atoms. The molecule has 4 aromatic rings.